The fraction of sp³-hybridized carbons (Fsp3) is 0.304. The highest BCUT2D eigenvalue weighted by atomic mass is 32.1. The van der Waals surface area contributed by atoms with Gasteiger partial charge in [-0.3, -0.25) is 4.79 Å². The van der Waals surface area contributed by atoms with Gasteiger partial charge in [-0.25, -0.2) is 4.98 Å². The summed E-state index contributed by atoms with van der Waals surface area (Å²) in [5, 5.41) is 4.07. The largest absolute Gasteiger partial charge is 0.346 e. The molecule has 1 fully saturated rings. The summed E-state index contributed by atoms with van der Waals surface area (Å²) in [7, 11) is 4.27. The van der Waals surface area contributed by atoms with Crippen LogP contribution in [0.15, 0.2) is 54.1 Å². The summed E-state index contributed by atoms with van der Waals surface area (Å²) in [5.41, 5.74) is 3.47. The minimum Gasteiger partial charge on any atom is -0.346 e. The molecule has 29 heavy (non-hydrogen) atoms. The lowest BCUT2D eigenvalue weighted by Gasteiger charge is -2.19. The number of aromatic nitrogens is 1. The van der Waals surface area contributed by atoms with E-state index in [0.29, 0.717) is 11.6 Å². The van der Waals surface area contributed by atoms with Crippen molar-refractivity contribution in [2.45, 2.75) is 19.4 Å². The average Bonchev–Trinajstić information content (AvgIpc) is 3.35. The molecular weight excluding hydrogens is 380 g/mol. The molecule has 3 aromatic rings. The number of fused-ring (bicyclic) bond motifs is 1. The summed E-state index contributed by atoms with van der Waals surface area (Å²) in [6.07, 6.45) is 3.06. The molecule has 1 aromatic heterocycles. The Labute approximate surface area is 175 Å². The molecule has 1 atom stereocenters. The Morgan fingerprint density at radius 1 is 1.24 bits per heavy atom. The SMILES string of the molecule is CC(=Cc1ccccc1)C(=O)Nc1ccc2nc(N3CC[C@@H](N(C)C)C3)sc2c1. The van der Waals surface area contributed by atoms with Crippen molar-refractivity contribution in [3.63, 3.8) is 0 Å². The molecule has 6 heteroatoms. The third-order valence-corrected chi connectivity index (χ3v) is 6.42. The molecule has 5 nitrogen and oxygen atoms in total. The van der Waals surface area contributed by atoms with Crippen LogP contribution in [0.2, 0.25) is 0 Å². The Bertz CT molecular complexity index is 1040. The number of likely N-dealkylation sites (N-methyl/N-ethyl adjacent to an activating group) is 1. The van der Waals surface area contributed by atoms with E-state index in [-0.39, 0.29) is 5.91 Å². The van der Waals surface area contributed by atoms with E-state index in [4.69, 9.17) is 4.98 Å². The van der Waals surface area contributed by atoms with Crippen molar-refractivity contribution in [3.8, 4) is 0 Å². The lowest BCUT2D eigenvalue weighted by molar-refractivity contribution is -0.112. The maximum Gasteiger partial charge on any atom is 0.251 e. The van der Waals surface area contributed by atoms with Crippen molar-refractivity contribution in [1.29, 1.82) is 0 Å². The summed E-state index contributed by atoms with van der Waals surface area (Å²) in [6.45, 7) is 3.88. The zero-order valence-electron chi connectivity index (χ0n) is 17.1. The fourth-order valence-electron chi connectivity index (χ4n) is 3.56. The number of amides is 1. The van der Waals surface area contributed by atoms with Crippen LogP contribution in [0.4, 0.5) is 10.8 Å². The van der Waals surface area contributed by atoms with Crippen molar-refractivity contribution < 1.29 is 4.79 Å². The van der Waals surface area contributed by atoms with E-state index in [9.17, 15) is 4.79 Å². The molecule has 0 spiro atoms. The van der Waals surface area contributed by atoms with Crippen LogP contribution in [0.5, 0.6) is 0 Å². The van der Waals surface area contributed by atoms with E-state index < -0.39 is 0 Å². The first-order chi connectivity index (χ1) is 14.0. The second-order valence-corrected chi connectivity index (χ2v) is 8.73. The third-order valence-electron chi connectivity index (χ3n) is 5.34. The first-order valence-electron chi connectivity index (χ1n) is 9.86. The number of hydrogen-bond donors (Lipinski definition) is 1. The number of hydrogen-bond acceptors (Lipinski definition) is 5. The Morgan fingerprint density at radius 3 is 2.76 bits per heavy atom. The smallest absolute Gasteiger partial charge is 0.251 e. The molecule has 0 saturated carbocycles. The molecule has 1 amide bonds. The molecule has 4 rings (SSSR count). The highest BCUT2D eigenvalue weighted by Gasteiger charge is 2.26. The number of carbonyl (C=O) groups is 1. The minimum absolute atomic E-state index is 0.0914. The lowest BCUT2D eigenvalue weighted by Crippen LogP contribution is -2.31. The van der Waals surface area contributed by atoms with Crippen molar-refractivity contribution in [1.82, 2.24) is 9.88 Å². The van der Waals surface area contributed by atoms with Gasteiger partial charge in [-0.15, -0.1) is 0 Å². The van der Waals surface area contributed by atoms with Gasteiger partial charge in [0, 0.05) is 30.4 Å². The normalized spacial score (nSPS) is 17.3. The van der Waals surface area contributed by atoms with Crippen molar-refractivity contribution in [2.24, 2.45) is 0 Å². The first-order valence-corrected chi connectivity index (χ1v) is 10.7. The van der Waals surface area contributed by atoms with E-state index in [2.05, 4.69) is 29.2 Å². The molecule has 0 radical (unpaired) electrons. The lowest BCUT2D eigenvalue weighted by atomic mass is 10.1. The van der Waals surface area contributed by atoms with Crippen LogP contribution in [0.3, 0.4) is 0 Å². The highest BCUT2D eigenvalue weighted by molar-refractivity contribution is 7.22. The molecule has 150 valence electrons. The molecule has 1 aliphatic rings. The number of nitrogens with one attached hydrogen (secondary N) is 1. The van der Waals surface area contributed by atoms with Crippen molar-refractivity contribution in [2.75, 3.05) is 37.4 Å². The molecule has 1 N–H and O–H groups in total. The molecule has 0 aliphatic carbocycles. The fourth-order valence-corrected chi connectivity index (χ4v) is 4.60. The molecule has 2 heterocycles. The zero-order valence-corrected chi connectivity index (χ0v) is 17.9. The van der Waals surface area contributed by atoms with Gasteiger partial charge in [0.15, 0.2) is 5.13 Å². The van der Waals surface area contributed by atoms with Crippen LogP contribution in [-0.4, -0.2) is 49.0 Å². The Kier molecular flexibility index (Phi) is 5.65. The quantitative estimate of drug-likeness (QED) is 0.635. The number of thiazole rings is 1. The summed E-state index contributed by atoms with van der Waals surface area (Å²) < 4.78 is 1.09. The zero-order chi connectivity index (χ0) is 20.4. The number of benzene rings is 2. The monoisotopic (exact) mass is 406 g/mol. The predicted molar refractivity (Wildman–Crippen MR) is 123 cm³/mol. The number of anilines is 2. The maximum absolute atomic E-state index is 12.6. The summed E-state index contributed by atoms with van der Waals surface area (Å²) in [5.74, 6) is -0.0914. The topological polar surface area (TPSA) is 48.5 Å². The summed E-state index contributed by atoms with van der Waals surface area (Å²) in [6, 6.07) is 16.4. The summed E-state index contributed by atoms with van der Waals surface area (Å²) in [4.78, 5) is 22.0. The van der Waals surface area contributed by atoms with E-state index in [1.165, 1.54) is 0 Å². The van der Waals surface area contributed by atoms with Gasteiger partial charge in [0.2, 0.25) is 0 Å². The van der Waals surface area contributed by atoms with Crippen LogP contribution in [0.1, 0.15) is 18.9 Å². The standard InChI is InChI=1S/C23H26N4OS/c1-16(13-17-7-5-4-6-8-17)22(28)24-18-9-10-20-21(14-18)29-23(25-20)27-12-11-19(15-27)26(2)3/h4-10,13-14,19H,11-12,15H2,1-3H3,(H,24,28)/t19-/m1/s1. The Morgan fingerprint density at radius 2 is 2.03 bits per heavy atom. The molecular formula is C23H26N4OS. The van der Waals surface area contributed by atoms with Crippen LogP contribution in [0, 0.1) is 0 Å². The van der Waals surface area contributed by atoms with Crippen LogP contribution >= 0.6 is 11.3 Å². The second kappa shape index (κ2) is 8.35. The predicted octanol–water partition coefficient (Wildman–Crippen LogP) is 4.48. The van der Waals surface area contributed by atoms with Gasteiger partial charge in [0.05, 0.1) is 10.2 Å². The van der Waals surface area contributed by atoms with Crippen LogP contribution in [0.25, 0.3) is 16.3 Å². The molecule has 0 unspecified atom stereocenters. The minimum atomic E-state index is -0.0914. The van der Waals surface area contributed by atoms with Gasteiger partial charge in [0.1, 0.15) is 0 Å². The Balaban J connectivity index is 1.48. The van der Waals surface area contributed by atoms with Gasteiger partial charge in [-0.2, -0.15) is 0 Å². The van der Waals surface area contributed by atoms with Crippen molar-refractivity contribution in [3.05, 3.63) is 59.7 Å². The highest BCUT2D eigenvalue weighted by Crippen LogP contribution is 2.33. The van der Waals surface area contributed by atoms with Crippen LogP contribution < -0.4 is 10.2 Å². The molecule has 1 aliphatic heterocycles. The van der Waals surface area contributed by atoms with Gasteiger partial charge < -0.3 is 15.1 Å². The van der Waals surface area contributed by atoms with Gasteiger partial charge >= 0.3 is 0 Å². The maximum atomic E-state index is 12.6. The third kappa shape index (κ3) is 4.49. The van der Waals surface area contributed by atoms with Crippen molar-refractivity contribution >= 4 is 44.4 Å². The second-order valence-electron chi connectivity index (χ2n) is 7.72. The average molecular weight is 407 g/mol. The van der Waals surface area contributed by atoms with Gasteiger partial charge in [-0.05, 0) is 57.3 Å². The Hall–Kier alpha value is -2.70. The molecule has 0 bridgehead atoms. The number of rotatable bonds is 5. The van der Waals surface area contributed by atoms with E-state index in [1.54, 1.807) is 11.3 Å². The van der Waals surface area contributed by atoms with E-state index in [0.717, 1.165) is 46.1 Å². The molecule has 2 aromatic carbocycles. The van der Waals surface area contributed by atoms with E-state index >= 15 is 0 Å². The van der Waals surface area contributed by atoms with Gasteiger partial charge in [-0.1, -0.05) is 41.7 Å². The number of nitrogens with zero attached hydrogens (tertiary/aromatic N) is 3. The molecule has 1 saturated heterocycles. The summed E-state index contributed by atoms with van der Waals surface area (Å²) >= 11 is 1.69. The number of carbonyl (C=O) groups excluding carboxylic acids is 1. The van der Waals surface area contributed by atoms with Crippen LogP contribution in [-0.2, 0) is 4.79 Å². The van der Waals surface area contributed by atoms with E-state index in [1.807, 2.05) is 61.5 Å². The van der Waals surface area contributed by atoms with Gasteiger partial charge in [0.25, 0.3) is 5.91 Å². The first kappa shape index (κ1) is 19.6.